The number of benzene rings is 2. The van der Waals surface area contributed by atoms with E-state index in [9.17, 15) is 13.6 Å². The molecule has 140 valence electrons. The Morgan fingerprint density at radius 2 is 1.60 bits per heavy atom. The van der Waals surface area contributed by atoms with E-state index in [1.807, 2.05) is 0 Å². The molecule has 0 radical (unpaired) electrons. The molecule has 3 N–H and O–H groups in total. The van der Waals surface area contributed by atoms with Crippen LogP contribution in [0.4, 0.5) is 25.8 Å². The van der Waals surface area contributed by atoms with Gasteiger partial charge in [0.1, 0.15) is 11.6 Å². The highest BCUT2D eigenvalue weighted by Crippen LogP contribution is 2.28. The van der Waals surface area contributed by atoms with Crippen LogP contribution in [0.15, 0.2) is 36.4 Å². The molecule has 6 heteroatoms. The number of nitrogens with zero attached hydrogens (tertiary/aromatic N) is 1. The first-order valence-corrected chi connectivity index (χ1v) is 6.71. The predicted molar refractivity (Wildman–Crippen MR) is 104 cm³/mol. The molecule has 1 amide bonds. The van der Waals surface area contributed by atoms with Gasteiger partial charge in [-0.3, -0.25) is 4.79 Å². The third-order valence-corrected chi connectivity index (χ3v) is 3.48. The van der Waals surface area contributed by atoms with Crippen molar-refractivity contribution in [3.8, 4) is 0 Å². The van der Waals surface area contributed by atoms with Gasteiger partial charge in [-0.1, -0.05) is 34.4 Å². The summed E-state index contributed by atoms with van der Waals surface area (Å²) in [5.41, 5.74) is 7.36. The molecule has 4 nitrogen and oxygen atoms in total. The van der Waals surface area contributed by atoms with E-state index in [0.29, 0.717) is 16.9 Å². The third kappa shape index (κ3) is 5.17. The van der Waals surface area contributed by atoms with Gasteiger partial charge in [0.05, 0.1) is 17.8 Å². The Morgan fingerprint density at radius 1 is 1.04 bits per heavy atom. The van der Waals surface area contributed by atoms with Crippen LogP contribution in [0.3, 0.4) is 0 Å². The molecule has 0 saturated heterocycles. The summed E-state index contributed by atoms with van der Waals surface area (Å²) in [6, 6.07) is 9.41. The largest absolute Gasteiger partial charge is 0.395 e. The van der Waals surface area contributed by atoms with Gasteiger partial charge in [0.15, 0.2) is 0 Å². The highest BCUT2D eigenvalue weighted by Gasteiger charge is 2.25. The van der Waals surface area contributed by atoms with E-state index in [4.69, 9.17) is 5.73 Å². The SMILES string of the molecule is C.C.C.CN1C(=O)Cc2c(F)cccc21.CNc1cccc(F)c1N. The molecule has 0 bridgehead atoms. The monoisotopic (exact) mass is 353 g/mol. The molecule has 1 aliphatic rings. The van der Waals surface area contributed by atoms with E-state index in [2.05, 4.69) is 5.32 Å². The minimum absolute atomic E-state index is 0. The Kier molecular flexibility index (Phi) is 10.1. The van der Waals surface area contributed by atoms with Crippen molar-refractivity contribution < 1.29 is 13.6 Å². The Balaban J connectivity index is 0. The van der Waals surface area contributed by atoms with Gasteiger partial charge in [0, 0.05) is 25.3 Å². The summed E-state index contributed by atoms with van der Waals surface area (Å²) in [6.07, 6.45) is 0.193. The molecule has 2 aromatic rings. The molecular formula is C19H29F2N3O. The van der Waals surface area contributed by atoms with Crippen LogP contribution >= 0.6 is 0 Å². The summed E-state index contributed by atoms with van der Waals surface area (Å²) < 4.78 is 25.7. The maximum Gasteiger partial charge on any atom is 0.231 e. The second-order valence-electron chi connectivity index (χ2n) is 4.82. The molecule has 25 heavy (non-hydrogen) atoms. The van der Waals surface area contributed by atoms with Crippen LogP contribution in [-0.4, -0.2) is 20.0 Å². The van der Waals surface area contributed by atoms with Crippen molar-refractivity contribution in [2.24, 2.45) is 0 Å². The van der Waals surface area contributed by atoms with E-state index in [0.717, 1.165) is 0 Å². The number of amides is 1. The Morgan fingerprint density at radius 3 is 2.12 bits per heavy atom. The fourth-order valence-corrected chi connectivity index (χ4v) is 2.20. The van der Waals surface area contributed by atoms with Crippen LogP contribution in [0.2, 0.25) is 0 Å². The van der Waals surface area contributed by atoms with Crippen molar-refractivity contribution in [3.63, 3.8) is 0 Å². The van der Waals surface area contributed by atoms with Gasteiger partial charge in [-0.25, -0.2) is 8.78 Å². The summed E-state index contributed by atoms with van der Waals surface area (Å²) in [5.74, 6) is -0.716. The molecule has 1 heterocycles. The van der Waals surface area contributed by atoms with Crippen molar-refractivity contribution in [1.29, 1.82) is 0 Å². The second-order valence-corrected chi connectivity index (χ2v) is 4.82. The highest BCUT2D eigenvalue weighted by molar-refractivity contribution is 6.00. The zero-order valence-electron chi connectivity index (χ0n) is 12.4. The average Bonchev–Trinajstić information content (AvgIpc) is 2.80. The number of nitrogens with one attached hydrogen (secondary N) is 1. The molecule has 2 aromatic carbocycles. The molecule has 0 aromatic heterocycles. The fourth-order valence-electron chi connectivity index (χ4n) is 2.20. The van der Waals surface area contributed by atoms with Crippen LogP contribution in [0.5, 0.6) is 0 Å². The number of likely N-dealkylation sites (N-methyl/N-ethyl adjacent to an activating group) is 1. The second kappa shape index (κ2) is 10.3. The standard InChI is InChI=1S/C9H8FNO.C7H9FN2.3CH4/c1-11-8-4-2-3-7(10)6(8)5-9(11)12;1-10-6-4-2-3-5(8)7(6)9;;;/h2-4H,5H2,1H3;2-4,10H,9H2,1H3;3*1H4. The predicted octanol–water partition coefficient (Wildman–Crippen LogP) is 4.70. The molecule has 1 aliphatic heterocycles. The lowest BCUT2D eigenvalue weighted by atomic mass is 10.1. The minimum Gasteiger partial charge on any atom is -0.395 e. The van der Waals surface area contributed by atoms with E-state index in [1.54, 1.807) is 38.4 Å². The van der Waals surface area contributed by atoms with E-state index in [1.165, 1.54) is 17.0 Å². The van der Waals surface area contributed by atoms with Crippen molar-refractivity contribution in [2.75, 3.05) is 30.0 Å². The molecular weight excluding hydrogens is 324 g/mol. The number of nitrogens with two attached hydrogens (primary N) is 1. The van der Waals surface area contributed by atoms with E-state index >= 15 is 0 Å². The summed E-state index contributed by atoms with van der Waals surface area (Å²) in [5, 5.41) is 2.77. The molecule has 3 rings (SSSR count). The Hall–Kier alpha value is -2.63. The lowest BCUT2D eigenvalue weighted by molar-refractivity contribution is -0.117. The van der Waals surface area contributed by atoms with Gasteiger partial charge < -0.3 is 16.0 Å². The van der Waals surface area contributed by atoms with Gasteiger partial charge in [-0.05, 0) is 24.3 Å². The quantitative estimate of drug-likeness (QED) is 0.731. The summed E-state index contributed by atoms with van der Waals surface area (Å²) in [4.78, 5) is 12.6. The number of halogens is 2. The number of carbonyl (C=O) groups excluding carboxylic acids is 1. The Bertz CT molecular complexity index is 705. The number of hydrogen-bond donors (Lipinski definition) is 2. The first kappa shape index (κ1) is 24.6. The van der Waals surface area contributed by atoms with Gasteiger partial charge in [-0.15, -0.1) is 0 Å². The molecule has 0 atom stereocenters. The zero-order chi connectivity index (χ0) is 16.3. The van der Waals surface area contributed by atoms with Gasteiger partial charge in [-0.2, -0.15) is 0 Å². The summed E-state index contributed by atoms with van der Waals surface area (Å²) in [6.45, 7) is 0. The van der Waals surface area contributed by atoms with E-state index < -0.39 is 0 Å². The van der Waals surface area contributed by atoms with Crippen LogP contribution in [0.1, 0.15) is 27.8 Å². The molecule has 0 saturated carbocycles. The highest BCUT2D eigenvalue weighted by atomic mass is 19.1. The number of fused-ring (bicyclic) bond motifs is 1. The van der Waals surface area contributed by atoms with Crippen molar-refractivity contribution in [2.45, 2.75) is 28.7 Å². The maximum atomic E-state index is 13.1. The zero-order valence-corrected chi connectivity index (χ0v) is 12.4. The molecule has 0 fully saturated rings. The number of nitrogen functional groups attached to an aromatic ring is 1. The number of para-hydroxylation sites is 1. The van der Waals surface area contributed by atoms with Gasteiger partial charge >= 0.3 is 0 Å². The van der Waals surface area contributed by atoms with Crippen LogP contribution in [0.25, 0.3) is 0 Å². The summed E-state index contributed by atoms with van der Waals surface area (Å²) in [7, 11) is 3.36. The van der Waals surface area contributed by atoms with Crippen molar-refractivity contribution >= 4 is 23.0 Å². The Labute approximate surface area is 149 Å². The average molecular weight is 353 g/mol. The number of carbonyl (C=O) groups is 1. The van der Waals surface area contributed by atoms with E-state index in [-0.39, 0.29) is 51.9 Å². The molecule has 0 unspecified atom stereocenters. The molecule has 0 aliphatic carbocycles. The smallest absolute Gasteiger partial charge is 0.231 e. The topological polar surface area (TPSA) is 58.4 Å². The lowest BCUT2D eigenvalue weighted by Gasteiger charge is -2.08. The normalized spacial score (nSPS) is 11.0. The van der Waals surface area contributed by atoms with Crippen molar-refractivity contribution in [3.05, 3.63) is 53.6 Å². The maximum absolute atomic E-state index is 13.1. The lowest BCUT2D eigenvalue weighted by Crippen LogP contribution is -2.20. The first-order valence-electron chi connectivity index (χ1n) is 6.71. The van der Waals surface area contributed by atoms with Gasteiger partial charge in [0.2, 0.25) is 5.91 Å². The summed E-state index contributed by atoms with van der Waals surface area (Å²) >= 11 is 0. The fraction of sp³-hybridized carbons (Fsp3) is 0.316. The first-order chi connectivity index (χ1) is 10.5. The number of rotatable bonds is 1. The van der Waals surface area contributed by atoms with Crippen LogP contribution in [-0.2, 0) is 11.2 Å². The van der Waals surface area contributed by atoms with Crippen LogP contribution < -0.4 is 16.0 Å². The van der Waals surface area contributed by atoms with Gasteiger partial charge in [0.25, 0.3) is 0 Å². The number of hydrogen-bond acceptors (Lipinski definition) is 3. The van der Waals surface area contributed by atoms with Crippen LogP contribution in [0, 0.1) is 11.6 Å². The van der Waals surface area contributed by atoms with Crippen molar-refractivity contribution in [1.82, 2.24) is 0 Å². The third-order valence-electron chi connectivity index (χ3n) is 3.48. The molecule has 0 spiro atoms. The minimum atomic E-state index is -0.383. The number of anilines is 3.